The molecule has 0 saturated carbocycles. The van der Waals surface area contributed by atoms with Crippen LogP contribution in [0.2, 0.25) is 10.0 Å². The van der Waals surface area contributed by atoms with Crippen molar-refractivity contribution >= 4 is 35.2 Å². The van der Waals surface area contributed by atoms with Crippen LogP contribution in [0.1, 0.15) is 24.4 Å². The largest absolute Gasteiger partial charge is 0.341 e. The zero-order valence-electron chi connectivity index (χ0n) is 14.1. The van der Waals surface area contributed by atoms with Gasteiger partial charge in [0, 0.05) is 11.6 Å². The number of rotatable bonds is 5. The molecule has 2 aromatic carbocycles. The lowest BCUT2D eigenvalue weighted by atomic mass is 10.2. The molecule has 138 valence electrons. The van der Waals surface area contributed by atoms with Gasteiger partial charge in [0.15, 0.2) is 0 Å². The number of halogens is 3. The van der Waals surface area contributed by atoms with E-state index in [0.717, 1.165) is 5.56 Å². The van der Waals surface area contributed by atoms with Crippen molar-refractivity contribution < 1.29 is 13.7 Å². The van der Waals surface area contributed by atoms with Crippen molar-refractivity contribution in [2.24, 2.45) is 0 Å². The minimum Gasteiger partial charge on any atom is -0.341 e. The van der Waals surface area contributed by atoms with Crippen molar-refractivity contribution in [3.63, 3.8) is 0 Å². The molecule has 1 N–H and O–H groups in total. The summed E-state index contributed by atoms with van der Waals surface area (Å²) in [7, 11) is 0. The first-order valence-corrected chi connectivity index (χ1v) is 8.71. The molecule has 0 radical (unpaired) electrons. The van der Waals surface area contributed by atoms with E-state index in [-0.39, 0.29) is 17.6 Å². The summed E-state index contributed by atoms with van der Waals surface area (Å²) in [6, 6.07) is 10.3. The van der Waals surface area contributed by atoms with E-state index in [4.69, 9.17) is 27.7 Å². The molecule has 1 amide bonds. The first-order chi connectivity index (χ1) is 12.9. The van der Waals surface area contributed by atoms with Crippen LogP contribution in [0.25, 0.3) is 17.5 Å². The fraction of sp³-hybridized carbons (Fsp3) is 0.105. The number of carbonyl (C=O) groups excluding carboxylic acids is 1. The molecule has 1 heterocycles. The molecule has 3 aromatic rings. The van der Waals surface area contributed by atoms with Gasteiger partial charge in [-0.1, -0.05) is 34.4 Å². The zero-order chi connectivity index (χ0) is 19.4. The summed E-state index contributed by atoms with van der Waals surface area (Å²) < 4.78 is 18.2. The van der Waals surface area contributed by atoms with Crippen LogP contribution >= 0.6 is 23.2 Å². The van der Waals surface area contributed by atoms with E-state index in [9.17, 15) is 9.18 Å². The quantitative estimate of drug-likeness (QED) is 0.601. The number of hydrogen-bond donors (Lipinski definition) is 1. The molecule has 0 saturated heterocycles. The summed E-state index contributed by atoms with van der Waals surface area (Å²) in [5, 5.41) is 7.43. The van der Waals surface area contributed by atoms with Gasteiger partial charge in [-0.15, -0.1) is 0 Å². The average Bonchev–Trinajstić information content (AvgIpc) is 3.13. The monoisotopic (exact) mass is 405 g/mol. The minimum atomic E-state index is -0.502. The minimum absolute atomic E-state index is 0.241. The highest BCUT2D eigenvalue weighted by Crippen LogP contribution is 2.23. The van der Waals surface area contributed by atoms with Crippen LogP contribution in [0.15, 0.2) is 53.1 Å². The number of nitrogens with one attached hydrogen (secondary N) is 1. The lowest BCUT2D eigenvalue weighted by molar-refractivity contribution is -0.117. The molecule has 0 bridgehead atoms. The lowest BCUT2D eigenvalue weighted by Gasteiger charge is -2.06. The molecule has 0 aliphatic rings. The van der Waals surface area contributed by atoms with Crippen molar-refractivity contribution in [3.05, 3.63) is 75.9 Å². The number of nitrogens with zero attached hydrogens (tertiary/aromatic N) is 2. The molecule has 1 unspecified atom stereocenters. The van der Waals surface area contributed by atoms with Crippen molar-refractivity contribution in [2.45, 2.75) is 13.0 Å². The van der Waals surface area contributed by atoms with E-state index in [1.54, 1.807) is 43.3 Å². The van der Waals surface area contributed by atoms with Gasteiger partial charge < -0.3 is 9.84 Å². The SMILES string of the molecule is CC(NC(=O)/C=C/c1ccc(Cl)c(Cl)c1)c1nc(-c2ccc(F)cc2)no1. The van der Waals surface area contributed by atoms with Crippen LogP contribution in [0, 0.1) is 5.82 Å². The molecule has 1 aromatic heterocycles. The molecular weight excluding hydrogens is 392 g/mol. The highest BCUT2D eigenvalue weighted by Gasteiger charge is 2.16. The molecule has 1 atom stereocenters. The van der Waals surface area contributed by atoms with Crippen molar-refractivity contribution in [1.82, 2.24) is 15.5 Å². The van der Waals surface area contributed by atoms with Gasteiger partial charge in [-0.25, -0.2) is 4.39 Å². The predicted molar refractivity (Wildman–Crippen MR) is 102 cm³/mol. The Bertz CT molecular complexity index is 987. The third-order valence-electron chi connectivity index (χ3n) is 3.64. The summed E-state index contributed by atoms with van der Waals surface area (Å²) in [5.41, 5.74) is 1.35. The summed E-state index contributed by atoms with van der Waals surface area (Å²) >= 11 is 11.8. The zero-order valence-corrected chi connectivity index (χ0v) is 15.6. The number of benzene rings is 2. The van der Waals surface area contributed by atoms with E-state index >= 15 is 0 Å². The number of amides is 1. The van der Waals surface area contributed by atoms with Gasteiger partial charge in [0.05, 0.1) is 10.0 Å². The molecule has 0 fully saturated rings. The van der Waals surface area contributed by atoms with Crippen molar-refractivity contribution in [1.29, 1.82) is 0 Å². The Hall–Kier alpha value is -2.70. The normalized spacial score (nSPS) is 12.3. The van der Waals surface area contributed by atoms with Gasteiger partial charge >= 0.3 is 0 Å². The van der Waals surface area contributed by atoms with Crippen molar-refractivity contribution in [3.8, 4) is 11.4 Å². The maximum absolute atomic E-state index is 13.0. The Morgan fingerprint density at radius 2 is 1.93 bits per heavy atom. The van der Waals surface area contributed by atoms with Gasteiger partial charge in [-0.2, -0.15) is 4.98 Å². The summed E-state index contributed by atoms with van der Waals surface area (Å²) in [6.45, 7) is 1.72. The van der Waals surface area contributed by atoms with Gasteiger partial charge in [-0.05, 0) is 55.0 Å². The Morgan fingerprint density at radius 3 is 2.63 bits per heavy atom. The Labute approximate surface area is 164 Å². The highest BCUT2D eigenvalue weighted by atomic mass is 35.5. The molecule has 0 spiro atoms. The van der Waals surface area contributed by atoms with Crippen molar-refractivity contribution in [2.75, 3.05) is 0 Å². The first kappa shape index (κ1) is 19.1. The Kier molecular flexibility index (Phi) is 5.88. The third-order valence-corrected chi connectivity index (χ3v) is 4.38. The molecule has 0 aliphatic heterocycles. The number of hydrogen-bond acceptors (Lipinski definition) is 4. The molecular formula is C19H14Cl2FN3O2. The average molecular weight is 406 g/mol. The standard InChI is InChI=1S/C19H14Cl2FN3O2/c1-11(19-24-18(25-27-19)13-4-6-14(22)7-5-13)23-17(26)9-3-12-2-8-15(20)16(21)10-12/h2-11H,1H3,(H,23,26)/b9-3+. The molecule has 3 rings (SSSR count). The second kappa shape index (κ2) is 8.33. The summed E-state index contributed by atoms with van der Waals surface area (Å²) in [5.74, 6) is -0.130. The molecule has 27 heavy (non-hydrogen) atoms. The smallest absolute Gasteiger partial charge is 0.249 e. The van der Waals surface area contributed by atoms with E-state index < -0.39 is 6.04 Å². The summed E-state index contributed by atoms with van der Waals surface area (Å²) in [4.78, 5) is 16.3. The second-order valence-electron chi connectivity index (χ2n) is 5.70. The maximum atomic E-state index is 13.0. The van der Waals surface area contributed by atoms with E-state index in [1.165, 1.54) is 18.2 Å². The van der Waals surface area contributed by atoms with Crippen LogP contribution in [0.3, 0.4) is 0 Å². The lowest BCUT2D eigenvalue weighted by Crippen LogP contribution is -2.24. The maximum Gasteiger partial charge on any atom is 0.249 e. The van der Waals surface area contributed by atoms with Gasteiger partial charge in [0.2, 0.25) is 17.6 Å². The van der Waals surface area contributed by atoms with E-state index in [2.05, 4.69) is 15.5 Å². The van der Waals surface area contributed by atoms with Crippen LogP contribution in [-0.4, -0.2) is 16.0 Å². The number of aromatic nitrogens is 2. The van der Waals surface area contributed by atoms with Gasteiger partial charge in [-0.3, -0.25) is 4.79 Å². The van der Waals surface area contributed by atoms with E-state index in [1.807, 2.05) is 0 Å². The topological polar surface area (TPSA) is 68.0 Å². The molecule has 5 nitrogen and oxygen atoms in total. The van der Waals surface area contributed by atoms with Crippen LogP contribution < -0.4 is 5.32 Å². The second-order valence-corrected chi connectivity index (χ2v) is 6.51. The van der Waals surface area contributed by atoms with Gasteiger partial charge in [0.1, 0.15) is 11.9 Å². The third kappa shape index (κ3) is 4.93. The van der Waals surface area contributed by atoms with Crippen LogP contribution in [-0.2, 0) is 4.79 Å². The highest BCUT2D eigenvalue weighted by molar-refractivity contribution is 6.42. The predicted octanol–water partition coefficient (Wildman–Crippen LogP) is 5.07. The number of carbonyl (C=O) groups is 1. The van der Waals surface area contributed by atoms with E-state index in [0.29, 0.717) is 21.4 Å². The fourth-order valence-corrected chi connectivity index (χ4v) is 2.55. The van der Waals surface area contributed by atoms with Crippen LogP contribution in [0.4, 0.5) is 4.39 Å². The Morgan fingerprint density at radius 1 is 1.19 bits per heavy atom. The first-order valence-electron chi connectivity index (χ1n) is 7.95. The summed E-state index contributed by atoms with van der Waals surface area (Å²) in [6.07, 6.45) is 2.98. The Balaban J connectivity index is 1.63. The molecule has 0 aliphatic carbocycles. The molecule has 8 heteroatoms. The van der Waals surface area contributed by atoms with Gasteiger partial charge in [0.25, 0.3) is 0 Å². The van der Waals surface area contributed by atoms with Crippen LogP contribution in [0.5, 0.6) is 0 Å². The fourth-order valence-electron chi connectivity index (χ4n) is 2.24.